The number of rotatable bonds is 1. The van der Waals surface area contributed by atoms with Crippen molar-refractivity contribution in [3.63, 3.8) is 0 Å². The molecular formula is C9H13ClN2O. The van der Waals surface area contributed by atoms with E-state index in [1.165, 1.54) is 0 Å². The number of halogens is 1. The molecule has 0 unspecified atom stereocenters. The molecule has 4 heteroatoms. The Morgan fingerprint density at radius 3 is 3.00 bits per heavy atom. The Morgan fingerprint density at radius 1 is 1.54 bits per heavy atom. The van der Waals surface area contributed by atoms with E-state index in [0.29, 0.717) is 17.5 Å². The van der Waals surface area contributed by atoms with Gasteiger partial charge in [-0.15, -0.1) is 5.48 Å². The predicted molar refractivity (Wildman–Crippen MR) is 54.4 cm³/mol. The third kappa shape index (κ3) is 3.61. The van der Waals surface area contributed by atoms with Gasteiger partial charge < -0.3 is 0 Å². The average Bonchev–Trinajstić information content (AvgIpc) is 2.17. The number of allylic oxidation sites excluding steroid dienone is 3. The van der Waals surface area contributed by atoms with Gasteiger partial charge in [-0.3, -0.25) is 4.94 Å². The van der Waals surface area contributed by atoms with Gasteiger partial charge in [0.15, 0.2) is 0 Å². The number of hydroxylamine groups is 1. The highest BCUT2D eigenvalue weighted by Crippen LogP contribution is 2.10. The summed E-state index contributed by atoms with van der Waals surface area (Å²) >= 11 is 5.85. The van der Waals surface area contributed by atoms with Crippen molar-refractivity contribution in [2.45, 2.75) is 13.8 Å². The van der Waals surface area contributed by atoms with Crippen LogP contribution >= 0.6 is 11.6 Å². The van der Waals surface area contributed by atoms with E-state index in [2.05, 4.69) is 24.5 Å². The largest absolute Gasteiger partial charge is 0.299 e. The summed E-state index contributed by atoms with van der Waals surface area (Å²) in [6.45, 7) is 4.65. The van der Waals surface area contributed by atoms with Crippen molar-refractivity contribution < 1.29 is 4.94 Å². The van der Waals surface area contributed by atoms with Crippen LogP contribution in [0.3, 0.4) is 0 Å². The molecule has 0 aromatic rings. The summed E-state index contributed by atoms with van der Waals surface area (Å²) in [7, 11) is 0. The molecular weight excluding hydrogens is 188 g/mol. The fourth-order valence-corrected chi connectivity index (χ4v) is 0.973. The van der Waals surface area contributed by atoms with Crippen LogP contribution in [-0.4, -0.2) is 12.8 Å². The minimum Gasteiger partial charge on any atom is -0.299 e. The molecule has 1 aliphatic rings. The standard InChI is InChI=1S/C9H13ClN2O/c1-7(2)8-3-4-9(10)6-12-13-11-5-8/h3-5,7,12H,6H2,1-2H3/b8-3?,9-4+,11-5?. The lowest BCUT2D eigenvalue weighted by molar-refractivity contribution is 0.0551. The maximum absolute atomic E-state index is 5.85. The molecule has 0 atom stereocenters. The third-order valence-electron chi connectivity index (χ3n) is 1.68. The van der Waals surface area contributed by atoms with Gasteiger partial charge in [0, 0.05) is 5.03 Å². The molecule has 0 saturated heterocycles. The zero-order chi connectivity index (χ0) is 9.68. The molecule has 0 bridgehead atoms. The van der Waals surface area contributed by atoms with Gasteiger partial charge in [-0.1, -0.05) is 36.7 Å². The van der Waals surface area contributed by atoms with E-state index in [1.54, 1.807) is 6.21 Å². The first-order valence-corrected chi connectivity index (χ1v) is 4.56. The summed E-state index contributed by atoms with van der Waals surface area (Å²) in [4.78, 5) is 4.76. The molecule has 3 nitrogen and oxygen atoms in total. The quantitative estimate of drug-likeness (QED) is 0.704. The smallest absolute Gasteiger partial charge is 0.0722 e. The van der Waals surface area contributed by atoms with E-state index in [-0.39, 0.29) is 0 Å². The summed E-state index contributed by atoms with van der Waals surface area (Å²) in [5.74, 6) is 0.408. The molecule has 0 aliphatic carbocycles. The van der Waals surface area contributed by atoms with Gasteiger partial charge in [0.25, 0.3) is 0 Å². The number of hydrogen-bond donors (Lipinski definition) is 1. The van der Waals surface area contributed by atoms with E-state index < -0.39 is 0 Å². The third-order valence-corrected chi connectivity index (χ3v) is 1.94. The Hall–Kier alpha value is -0.800. The van der Waals surface area contributed by atoms with Crippen LogP contribution in [0, 0.1) is 5.92 Å². The van der Waals surface area contributed by atoms with Gasteiger partial charge in [-0.05, 0) is 17.6 Å². The minimum absolute atomic E-state index is 0.408. The number of oxime groups is 1. The summed E-state index contributed by atoms with van der Waals surface area (Å²) in [6, 6.07) is 0. The van der Waals surface area contributed by atoms with Gasteiger partial charge >= 0.3 is 0 Å². The van der Waals surface area contributed by atoms with E-state index in [0.717, 1.165) is 5.57 Å². The van der Waals surface area contributed by atoms with Gasteiger partial charge in [0.2, 0.25) is 0 Å². The van der Waals surface area contributed by atoms with E-state index in [1.807, 2.05) is 12.2 Å². The topological polar surface area (TPSA) is 33.6 Å². The van der Waals surface area contributed by atoms with Gasteiger partial charge in [-0.2, -0.15) is 0 Å². The first-order valence-electron chi connectivity index (χ1n) is 4.18. The molecule has 0 saturated carbocycles. The second-order valence-electron chi connectivity index (χ2n) is 3.08. The van der Waals surface area contributed by atoms with Crippen LogP contribution in [0.1, 0.15) is 13.8 Å². The minimum atomic E-state index is 0.408. The average molecular weight is 201 g/mol. The summed E-state index contributed by atoms with van der Waals surface area (Å²) in [6.07, 6.45) is 5.49. The molecule has 13 heavy (non-hydrogen) atoms. The highest BCUT2D eigenvalue weighted by atomic mass is 35.5. The molecule has 1 heterocycles. The van der Waals surface area contributed by atoms with E-state index >= 15 is 0 Å². The van der Waals surface area contributed by atoms with Crippen molar-refractivity contribution in [1.82, 2.24) is 5.48 Å². The highest BCUT2D eigenvalue weighted by molar-refractivity contribution is 6.30. The van der Waals surface area contributed by atoms with Gasteiger partial charge in [-0.25, -0.2) is 0 Å². The van der Waals surface area contributed by atoms with E-state index in [9.17, 15) is 0 Å². The lowest BCUT2D eigenvalue weighted by atomic mass is 10.0. The van der Waals surface area contributed by atoms with Crippen molar-refractivity contribution >= 4 is 17.8 Å². The Balaban J connectivity index is 2.82. The monoisotopic (exact) mass is 200 g/mol. The van der Waals surface area contributed by atoms with Crippen LogP contribution in [0.5, 0.6) is 0 Å². The predicted octanol–water partition coefficient (Wildman–Crippen LogP) is 2.21. The molecule has 0 aromatic heterocycles. The molecule has 1 N–H and O–H groups in total. The first kappa shape index (κ1) is 10.3. The lowest BCUT2D eigenvalue weighted by Crippen LogP contribution is -2.12. The molecule has 1 aliphatic heterocycles. The molecule has 72 valence electrons. The number of nitrogens with one attached hydrogen (secondary N) is 1. The Morgan fingerprint density at radius 2 is 2.31 bits per heavy atom. The molecule has 1 rings (SSSR count). The van der Waals surface area contributed by atoms with Crippen molar-refractivity contribution in [2.24, 2.45) is 11.1 Å². The Labute approximate surface area is 83.0 Å². The second kappa shape index (κ2) is 5.04. The van der Waals surface area contributed by atoms with Crippen LogP contribution < -0.4 is 5.48 Å². The Bertz CT molecular complexity index is 256. The van der Waals surface area contributed by atoms with Crippen molar-refractivity contribution in [3.8, 4) is 0 Å². The second-order valence-corrected chi connectivity index (χ2v) is 3.57. The van der Waals surface area contributed by atoms with Gasteiger partial charge in [0.05, 0.1) is 12.8 Å². The molecule has 0 fully saturated rings. The maximum atomic E-state index is 5.85. The maximum Gasteiger partial charge on any atom is 0.0722 e. The zero-order valence-corrected chi connectivity index (χ0v) is 8.51. The number of nitrogens with zero attached hydrogens (tertiary/aromatic N) is 1. The number of hydrogen-bond acceptors (Lipinski definition) is 3. The normalized spacial score (nSPS) is 22.2. The van der Waals surface area contributed by atoms with Crippen molar-refractivity contribution in [2.75, 3.05) is 6.54 Å². The molecule has 0 spiro atoms. The highest BCUT2D eigenvalue weighted by Gasteiger charge is 2.01. The van der Waals surface area contributed by atoms with Crippen LogP contribution in [0.25, 0.3) is 0 Å². The van der Waals surface area contributed by atoms with Crippen LogP contribution in [-0.2, 0) is 4.94 Å². The van der Waals surface area contributed by atoms with Crippen LogP contribution in [0.4, 0.5) is 0 Å². The summed E-state index contributed by atoms with van der Waals surface area (Å²) in [5, 5.41) is 4.43. The van der Waals surface area contributed by atoms with Crippen molar-refractivity contribution in [3.05, 3.63) is 22.8 Å². The lowest BCUT2D eigenvalue weighted by Gasteiger charge is -2.02. The summed E-state index contributed by atoms with van der Waals surface area (Å²) in [5.41, 5.74) is 3.69. The SMILES string of the molecule is CC(C)C1=C/C=C(/Cl)CNON=C1. The molecule has 0 radical (unpaired) electrons. The fraction of sp³-hybridized carbons (Fsp3) is 0.444. The van der Waals surface area contributed by atoms with Crippen LogP contribution in [0.2, 0.25) is 0 Å². The summed E-state index contributed by atoms with van der Waals surface area (Å²) < 4.78 is 0. The van der Waals surface area contributed by atoms with E-state index in [4.69, 9.17) is 16.5 Å². The zero-order valence-electron chi connectivity index (χ0n) is 7.75. The Kier molecular flexibility index (Phi) is 3.99. The first-order chi connectivity index (χ1) is 6.20. The molecule has 0 aromatic carbocycles. The van der Waals surface area contributed by atoms with Gasteiger partial charge in [0.1, 0.15) is 0 Å². The molecule has 0 amide bonds. The van der Waals surface area contributed by atoms with Crippen LogP contribution in [0.15, 0.2) is 27.9 Å². The fourth-order valence-electron chi connectivity index (χ4n) is 0.856. The van der Waals surface area contributed by atoms with Crippen molar-refractivity contribution in [1.29, 1.82) is 0 Å².